The van der Waals surface area contributed by atoms with Crippen molar-refractivity contribution in [3.8, 4) is 0 Å². The Morgan fingerprint density at radius 1 is 1.10 bits per heavy atom. The van der Waals surface area contributed by atoms with Crippen LogP contribution < -0.4 is 11.1 Å². The average molecular weight is 269 g/mol. The zero-order valence-electron chi connectivity index (χ0n) is 11.1. The second kappa shape index (κ2) is 4.61. The molecule has 2 aromatic carbocycles. The molecule has 5 nitrogen and oxygen atoms in total. The lowest BCUT2D eigenvalue weighted by Gasteiger charge is -2.24. The number of carbonyl (C=O) groups excluding carboxylic acids is 2. The van der Waals surface area contributed by atoms with Gasteiger partial charge < -0.3 is 11.1 Å². The third kappa shape index (κ3) is 1.67. The molecular formula is C15H15N3O2. The van der Waals surface area contributed by atoms with Crippen LogP contribution in [0.2, 0.25) is 0 Å². The summed E-state index contributed by atoms with van der Waals surface area (Å²) in [6, 6.07) is 9.11. The van der Waals surface area contributed by atoms with Gasteiger partial charge in [0, 0.05) is 47.7 Å². The Balaban J connectivity index is 2.29. The van der Waals surface area contributed by atoms with Gasteiger partial charge in [0.1, 0.15) is 0 Å². The maximum atomic E-state index is 12.2. The number of imide groups is 1. The molecule has 0 aromatic heterocycles. The molecule has 0 radical (unpaired) electrons. The Hall–Kier alpha value is -2.40. The Kier molecular flexibility index (Phi) is 2.91. The topological polar surface area (TPSA) is 75.4 Å². The molecule has 3 N–H and O–H groups in total. The fourth-order valence-corrected chi connectivity index (χ4v) is 2.58. The van der Waals surface area contributed by atoms with Crippen LogP contribution in [-0.2, 0) is 0 Å². The molecule has 0 bridgehead atoms. The third-order valence-electron chi connectivity index (χ3n) is 3.57. The summed E-state index contributed by atoms with van der Waals surface area (Å²) in [6.45, 7) is 1.16. The number of anilines is 1. The van der Waals surface area contributed by atoms with Crippen molar-refractivity contribution in [2.24, 2.45) is 5.73 Å². The molecule has 2 amide bonds. The monoisotopic (exact) mass is 269 g/mol. The number of benzene rings is 2. The van der Waals surface area contributed by atoms with E-state index in [9.17, 15) is 9.59 Å². The summed E-state index contributed by atoms with van der Waals surface area (Å²) in [4.78, 5) is 25.6. The van der Waals surface area contributed by atoms with Crippen LogP contribution in [-0.4, -0.2) is 36.9 Å². The first-order valence-corrected chi connectivity index (χ1v) is 6.47. The zero-order valence-corrected chi connectivity index (χ0v) is 11.1. The Labute approximate surface area is 116 Å². The van der Waals surface area contributed by atoms with Crippen molar-refractivity contribution >= 4 is 28.3 Å². The molecule has 1 aliphatic heterocycles. The van der Waals surface area contributed by atoms with Gasteiger partial charge in [-0.3, -0.25) is 14.5 Å². The lowest BCUT2D eigenvalue weighted by Crippen LogP contribution is -2.36. The lowest BCUT2D eigenvalue weighted by atomic mass is 9.93. The Bertz CT molecular complexity index is 702. The average Bonchev–Trinajstić information content (AvgIpc) is 2.48. The van der Waals surface area contributed by atoms with Crippen LogP contribution >= 0.6 is 0 Å². The minimum atomic E-state index is -0.260. The number of nitrogens with zero attached hydrogens (tertiary/aromatic N) is 1. The van der Waals surface area contributed by atoms with Crippen molar-refractivity contribution < 1.29 is 9.59 Å². The molecule has 2 aromatic rings. The number of rotatable bonds is 3. The molecule has 0 saturated carbocycles. The number of hydrogen-bond donors (Lipinski definition) is 2. The molecule has 20 heavy (non-hydrogen) atoms. The van der Waals surface area contributed by atoms with Crippen molar-refractivity contribution in [3.05, 3.63) is 41.5 Å². The molecule has 0 fully saturated rings. The van der Waals surface area contributed by atoms with E-state index >= 15 is 0 Å². The normalized spacial score (nSPS) is 14.0. The highest BCUT2D eigenvalue weighted by Crippen LogP contribution is 2.33. The van der Waals surface area contributed by atoms with E-state index in [1.807, 2.05) is 18.2 Å². The minimum Gasteiger partial charge on any atom is -0.383 e. The van der Waals surface area contributed by atoms with E-state index in [4.69, 9.17) is 5.73 Å². The largest absolute Gasteiger partial charge is 0.383 e. The molecular weight excluding hydrogens is 254 g/mol. The number of amides is 2. The summed E-state index contributed by atoms with van der Waals surface area (Å²) in [6.07, 6.45) is 0. The highest BCUT2D eigenvalue weighted by atomic mass is 16.2. The van der Waals surface area contributed by atoms with Crippen LogP contribution in [0.25, 0.3) is 10.8 Å². The first-order valence-electron chi connectivity index (χ1n) is 6.47. The highest BCUT2D eigenvalue weighted by molar-refractivity contribution is 6.26. The van der Waals surface area contributed by atoms with Gasteiger partial charge in [-0.25, -0.2) is 0 Å². The SMILES string of the molecule is CN1C(=O)c2cccc3c(NCCN)ccc(c23)C1=O. The van der Waals surface area contributed by atoms with Crippen molar-refractivity contribution in [2.45, 2.75) is 0 Å². The Morgan fingerprint density at radius 2 is 1.80 bits per heavy atom. The van der Waals surface area contributed by atoms with E-state index in [0.29, 0.717) is 24.2 Å². The second-order valence-electron chi connectivity index (χ2n) is 4.77. The van der Waals surface area contributed by atoms with Crippen molar-refractivity contribution in [2.75, 3.05) is 25.5 Å². The maximum absolute atomic E-state index is 12.2. The number of hydrogen-bond acceptors (Lipinski definition) is 4. The molecule has 5 heteroatoms. The van der Waals surface area contributed by atoms with E-state index in [-0.39, 0.29) is 11.8 Å². The second-order valence-corrected chi connectivity index (χ2v) is 4.77. The highest BCUT2D eigenvalue weighted by Gasteiger charge is 2.30. The molecule has 3 rings (SSSR count). The van der Waals surface area contributed by atoms with Crippen molar-refractivity contribution in [3.63, 3.8) is 0 Å². The molecule has 0 aliphatic carbocycles. The summed E-state index contributed by atoms with van der Waals surface area (Å²) in [7, 11) is 1.51. The summed E-state index contributed by atoms with van der Waals surface area (Å²) in [5.74, 6) is -0.520. The fourth-order valence-electron chi connectivity index (χ4n) is 2.58. The van der Waals surface area contributed by atoms with Crippen molar-refractivity contribution in [1.82, 2.24) is 4.90 Å². The lowest BCUT2D eigenvalue weighted by molar-refractivity contribution is 0.0651. The molecule has 0 saturated heterocycles. The van der Waals surface area contributed by atoms with E-state index < -0.39 is 0 Å². The van der Waals surface area contributed by atoms with Crippen LogP contribution in [0, 0.1) is 0 Å². The van der Waals surface area contributed by atoms with Crippen LogP contribution in [0.15, 0.2) is 30.3 Å². The first-order chi connectivity index (χ1) is 9.65. The number of carbonyl (C=O) groups is 2. The maximum Gasteiger partial charge on any atom is 0.261 e. The molecule has 102 valence electrons. The summed E-state index contributed by atoms with van der Waals surface area (Å²) >= 11 is 0. The third-order valence-corrected chi connectivity index (χ3v) is 3.57. The van der Waals surface area contributed by atoms with Gasteiger partial charge in [0.25, 0.3) is 11.8 Å². The van der Waals surface area contributed by atoms with Gasteiger partial charge in [-0.2, -0.15) is 0 Å². The van der Waals surface area contributed by atoms with Gasteiger partial charge >= 0.3 is 0 Å². The summed E-state index contributed by atoms with van der Waals surface area (Å²) in [5.41, 5.74) is 7.52. The van der Waals surface area contributed by atoms with E-state index in [1.54, 1.807) is 12.1 Å². The molecule has 0 unspecified atom stereocenters. The van der Waals surface area contributed by atoms with E-state index in [1.165, 1.54) is 7.05 Å². The van der Waals surface area contributed by atoms with Crippen LogP contribution in [0.3, 0.4) is 0 Å². The van der Waals surface area contributed by atoms with Crippen molar-refractivity contribution in [1.29, 1.82) is 0 Å². The fraction of sp³-hybridized carbons (Fsp3) is 0.200. The standard InChI is InChI=1S/C15H15N3O2/c1-18-14(19)10-4-2-3-9-12(17-8-7-16)6-5-11(13(9)10)15(18)20/h2-6,17H,7-8,16H2,1H3. The zero-order chi connectivity index (χ0) is 14.3. The Morgan fingerprint density at radius 3 is 2.50 bits per heavy atom. The summed E-state index contributed by atoms with van der Waals surface area (Å²) < 4.78 is 0. The van der Waals surface area contributed by atoms with Gasteiger partial charge in [-0.05, 0) is 18.2 Å². The predicted octanol–water partition coefficient (Wildman–Crippen LogP) is 1.44. The van der Waals surface area contributed by atoms with Gasteiger partial charge in [-0.15, -0.1) is 0 Å². The van der Waals surface area contributed by atoms with Gasteiger partial charge in [-0.1, -0.05) is 12.1 Å². The van der Waals surface area contributed by atoms with Gasteiger partial charge in [0.2, 0.25) is 0 Å². The predicted molar refractivity (Wildman–Crippen MR) is 77.9 cm³/mol. The quantitative estimate of drug-likeness (QED) is 0.827. The molecule has 0 spiro atoms. The minimum absolute atomic E-state index is 0.260. The van der Waals surface area contributed by atoms with E-state index in [2.05, 4.69) is 5.32 Å². The van der Waals surface area contributed by atoms with Gasteiger partial charge in [0.15, 0.2) is 0 Å². The molecule has 0 atom stereocenters. The molecule has 1 heterocycles. The van der Waals surface area contributed by atoms with Crippen LogP contribution in [0.5, 0.6) is 0 Å². The summed E-state index contributed by atoms with van der Waals surface area (Å²) in [5, 5.41) is 4.82. The van der Waals surface area contributed by atoms with Gasteiger partial charge in [0.05, 0.1) is 0 Å². The van der Waals surface area contributed by atoms with Crippen LogP contribution in [0.1, 0.15) is 20.7 Å². The number of nitrogens with two attached hydrogens (primary N) is 1. The first kappa shape index (κ1) is 12.6. The molecule has 1 aliphatic rings. The number of nitrogens with one attached hydrogen (secondary N) is 1. The smallest absolute Gasteiger partial charge is 0.261 e. The van der Waals surface area contributed by atoms with E-state index in [0.717, 1.165) is 21.4 Å². The van der Waals surface area contributed by atoms with Crippen LogP contribution in [0.4, 0.5) is 5.69 Å².